The van der Waals surface area contributed by atoms with Gasteiger partial charge in [-0.05, 0) is 109 Å². The average molecular weight is 857 g/mol. The Morgan fingerprint density at radius 3 is 1.33 bits per heavy atom. The van der Waals surface area contributed by atoms with Crippen molar-refractivity contribution in [3.63, 3.8) is 0 Å². The van der Waals surface area contributed by atoms with E-state index in [0.29, 0.717) is 0 Å². The molecule has 10 aromatic rings. The summed E-state index contributed by atoms with van der Waals surface area (Å²) in [5.41, 5.74) is 13.7. The van der Waals surface area contributed by atoms with E-state index in [-0.39, 0.29) is 0 Å². The van der Waals surface area contributed by atoms with E-state index in [0.717, 1.165) is 61.8 Å². The number of aryl methyl sites for hydroxylation is 6. The molecule has 2 aromatic heterocycles. The molecule has 1 fully saturated rings. The molecule has 8 aromatic carbocycles. The molecule has 0 bridgehead atoms. The number of para-hydroxylation sites is 2. The third kappa shape index (κ3) is 8.09. The third-order valence-electron chi connectivity index (χ3n) is 13.4. The topological polar surface area (TPSA) is 36.9 Å². The van der Waals surface area contributed by atoms with Gasteiger partial charge in [0, 0.05) is 82.7 Å². The van der Waals surface area contributed by atoms with E-state index in [2.05, 4.69) is 245 Å². The van der Waals surface area contributed by atoms with E-state index >= 15 is 0 Å². The molecule has 2 heterocycles. The van der Waals surface area contributed by atoms with Gasteiger partial charge >= 0.3 is 0 Å². The minimum Gasteiger partial charge on any atom is -0.348 e. The van der Waals surface area contributed by atoms with Gasteiger partial charge in [0.05, 0.1) is 0 Å². The summed E-state index contributed by atoms with van der Waals surface area (Å²) < 4.78 is 7.36. The molecule has 1 saturated carbocycles. The number of fused-ring (bicyclic) bond motifs is 4. The first kappa shape index (κ1) is 40.9. The summed E-state index contributed by atoms with van der Waals surface area (Å²) in [7, 11) is 0. The fourth-order valence-corrected chi connectivity index (χ4v) is 10.2. The summed E-state index contributed by atoms with van der Waals surface area (Å²) in [5, 5.41) is 15.5. The van der Waals surface area contributed by atoms with Gasteiger partial charge in [0.25, 0.3) is 0 Å². The highest BCUT2D eigenvalue weighted by atomic mass is 15.1. The van der Waals surface area contributed by atoms with Crippen LogP contribution in [0.2, 0.25) is 0 Å². The predicted octanol–water partition coefficient (Wildman–Crippen LogP) is 15.1. The second-order valence-corrected chi connectivity index (χ2v) is 17.7. The fraction of sp³-hybridized carbons (Fsp3) is 0.131. The molecule has 0 aliphatic heterocycles. The molecule has 1 aliphatic carbocycles. The Bertz CT molecular complexity index is 3250. The summed E-state index contributed by atoms with van der Waals surface area (Å²) >= 11 is 0. The van der Waals surface area contributed by atoms with Crippen molar-refractivity contribution in [3.05, 3.63) is 240 Å². The fourth-order valence-electron chi connectivity index (χ4n) is 10.2. The van der Waals surface area contributed by atoms with Crippen LogP contribution in [0, 0.1) is 13.8 Å². The molecule has 1 aliphatic rings. The first-order valence-electron chi connectivity index (χ1n) is 23.4. The lowest BCUT2D eigenvalue weighted by Crippen LogP contribution is -2.19. The van der Waals surface area contributed by atoms with Gasteiger partial charge in [-0.25, -0.2) is 0 Å². The number of anilines is 2. The predicted molar refractivity (Wildman–Crippen MR) is 281 cm³/mol. The number of hydrogen-bond acceptors (Lipinski definition) is 2. The number of nitrogens with one attached hydrogen (secondary N) is 2. The van der Waals surface area contributed by atoms with Crippen LogP contribution in [0.4, 0.5) is 23.0 Å². The van der Waals surface area contributed by atoms with Crippen LogP contribution in [0.25, 0.3) is 43.4 Å². The zero-order valence-electron chi connectivity index (χ0n) is 37.7. The number of rotatable bonds is 12. The summed E-state index contributed by atoms with van der Waals surface area (Å²) in [6, 6.07) is 70.7. The van der Waals surface area contributed by atoms with Crippen LogP contribution in [-0.4, -0.2) is 14.8 Å². The molecular formula is C61H54N5+. The Morgan fingerprint density at radius 2 is 0.864 bits per heavy atom. The van der Waals surface area contributed by atoms with Crippen LogP contribution in [0.15, 0.2) is 218 Å². The van der Waals surface area contributed by atoms with E-state index in [4.69, 9.17) is 0 Å². The van der Waals surface area contributed by atoms with Crippen LogP contribution in [0.1, 0.15) is 35.1 Å². The minimum absolute atomic E-state index is 0.853. The Morgan fingerprint density at radius 1 is 0.439 bits per heavy atom. The molecule has 0 radical (unpaired) electrons. The monoisotopic (exact) mass is 856 g/mol. The average Bonchev–Trinajstić information content (AvgIpc) is 4.03. The van der Waals surface area contributed by atoms with E-state index in [9.17, 15) is 0 Å². The summed E-state index contributed by atoms with van der Waals surface area (Å²) in [5.74, 6) is 2.19. The number of benzene rings is 8. The lowest BCUT2D eigenvalue weighted by molar-refractivity contribution is 0.732. The Hall–Kier alpha value is -7.89. The third-order valence-corrected chi connectivity index (χ3v) is 13.4. The molecule has 11 rings (SSSR count). The highest BCUT2D eigenvalue weighted by molar-refractivity contribution is 6.17. The van der Waals surface area contributed by atoms with Crippen molar-refractivity contribution < 1.29 is 0 Å². The molecule has 5 nitrogen and oxygen atoms in total. The Kier molecular flexibility index (Phi) is 11.1. The summed E-state index contributed by atoms with van der Waals surface area (Å²) in [4.78, 5) is 0. The molecule has 2 N–H and O–H groups in total. The van der Waals surface area contributed by atoms with Gasteiger partial charge in [0.2, 0.25) is 17.1 Å². The Labute approximate surface area is 387 Å². The van der Waals surface area contributed by atoms with Crippen molar-refractivity contribution >= 4 is 72.1 Å². The van der Waals surface area contributed by atoms with Crippen molar-refractivity contribution in [1.29, 1.82) is 0 Å². The lowest BCUT2D eigenvalue weighted by Gasteiger charge is -2.14. The molecule has 0 saturated heterocycles. The molecular weight excluding hydrogens is 803 g/mol. The quantitative estimate of drug-likeness (QED) is 0.120. The van der Waals surface area contributed by atoms with E-state index in [1.807, 2.05) is 0 Å². The zero-order valence-corrected chi connectivity index (χ0v) is 37.7. The van der Waals surface area contributed by atoms with Crippen molar-refractivity contribution in [2.45, 2.75) is 52.6 Å². The highest BCUT2D eigenvalue weighted by Crippen LogP contribution is 2.35. The second kappa shape index (κ2) is 17.9. The summed E-state index contributed by atoms with van der Waals surface area (Å²) in [6.45, 7) is 6.06. The Balaban J connectivity index is 0.987. The SMILES string of the molecule is Cc1ccc2c(c1)cc(NC=C1CCC(=CNc3cc4cc(C)ccc4n3CCc3cccc4ccccc34)C1=[N+](c1ccccc1)c1ccccc1)n2CCc1cccc2ccccc12. The van der Waals surface area contributed by atoms with E-state index in [1.165, 1.54) is 82.5 Å². The molecule has 0 amide bonds. The number of allylic oxidation sites excluding steroid dienone is 2. The molecule has 0 unspecified atom stereocenters. The van der Waals surface area contributed by atoms with E-state index < -0.39 is 0 Å². The van der Waals surface area contributed by atoms with Gasteiger partial charge < -0.3 is 19.8 Å². The maximum absolute atomic E-state index is 3.90. The summed E-state index contributed by atoms with van der Waals surface area (Å²) in [6.07, 6.45) is 8.18. The van der Waals surface area contributed by atoms with Crippen LogP contribution in [0.3, 0.4) is 0 Å². The van der Waals surface area contributed by atoms with Gasteiger partial charge in [0.1, 0.15) is 11.6 Å². The van der Waals surface area contributed by atoms with Gasteiger partial charge in [0.15, 0.2) is 0 Å². The van der Waals surface area contributed by atoms with Gasteiger partial charge in [-0.2, -0.15) is 4.58 Å². The standard InChI is InChI=1S/C61H53N5/c1-43-27-31-57-51(37-43)39-59(64(57)35-33-47-19-13-17-45-15-9-11-25-55(45)47)62-41-49-29-30-50(61(49)66(53-21-5-3-6-22-53)54-23-7-4-8-24-54)42-63-60-40-52-38-44(2)28-32-58(52)65(60)36-34-48-20-14-18-46-16-10-12-26-56(46)48/h3-28,31-32,37-42H,29-30,33-36H2,1-2H3,(H,62,63)/p+1. The van der Waals surface area contributed by atoms with Crippen molar-refractivity contribution in [2.24, 2.45) is 0 Å². The maximum Gasteiger partial charge on any atom is 0.221 e. The molecule has 5 heteroatoms. The van der Waals surface area contributed by atoms with Crippen LogP contribution in [-0.2, 0) is 25.9 Å². The molecule has 0 spiro atoms. The number of aromatic nitrogens is 2. The first-order chi connectivity index (χ1) is 32.5. The smallest absolute Gasteiger partial charge is 0.221 e. The lowest BCUT2D eigenvalue weighted by atomic mass is 10.0. The van der Waals surface area contributed by atoms with E-state index in [1.54, 1.807) is 0 Å². The molecule has 66 heavy (non-hydrogen) atoms. The van der Waals surface area contributed by atoms with Gasteiger partial charge in [-0.1, -0.05) is 145 Å². The number of nitrogens with zero attached hydrogens (tertiary/aromatic N) is 3. The number of hydrogen-bond donors (Lipinski definition) is 2. The second-order valence-electron chi connectivity index (χ2n) is 17.7. The maximum atomic E-state index is 3.90. The molecule has 0 atom stereocenters. The zero-order chi connectivity index (χ0) is 44.4. The minimum atomic E-state index is 0.853. The molecule has 322 valence electrons. The van der Waals surface area contributed by atoms with Gasteiger partial charge in [-0.15, -0.1) is 0 Å². The van der Waals surface area contributed by atoms with Crippen LogP contribution >= 0.6 is 0 Å². The van der Waals surface area contributed by atoms with Crippen molar-refractivity contribution in [3.8, 4) is 0 Å². The first-order valence-corrected chi connectivity index (χ1v) is 23.4. The normalized spacial score (nSPS) is 14.1. The van der Waals surface area contributed by atoms with Crippen molar-refractivity contribution in [1.82, 2.24) is 13.7 Å². The van der Waals surface area contributed by atoms with Crippen LogP contribution < -0.4 is 15.2 Å². The van der Waals surface area contributed by atoms with Gasteiger partial charge in [-0.3, -0.25) is 0 Å². The highest BCUT2D eigenvalue weighted by Gasteiger charge is 2.33. The largest absolute Gasteiger partial charge is 0.348 e. The van der Waals surface area contributed by atoms with Crippen LogP contribution in [0.5, 0.6) is 0 Å². The van der Waals surface area contributed by atoms with Crippen molar-refractivity contribution in [2.75, 3.05) is 10.6 Å².